The van der Waals surface area contributed by atoms with Gasteiger partial charge in [0.2, 0.25) is 5.95 Å². The molecule has 2 rings (SSSR count). The Bertz CT molecular complexity index is 509. The first-order chi connectivity index (χ1) is 8.60. The minimum absolute atomic E-state index is 0.597. The quantitative estimate of drug-likeness (QED) is 0.883. The van der Waals surface area contributed by atoms with E-state index >= 15 is 0 Å². The maximum atomic E-state index is 4.42. The third kappa shape index (κ3) is 2.72. The van der Waals surface area contributed by atoms with E-state index in [9.17, 15) is 0 Å². The van der Waals surface area contributed by atoms with E-state index in [1.807, 2.05) is 30.3 Å². The normalized spacial score (nSPS) is 11.2. The summed E-state index contributed by atoms with van der Waals surface area (Å²) >= 11 is 0. The zero-order valence-corrected chi connectivity index (χ0v) is 11.5. The van der Waals surface area contributed by atoms with Crippen LogP contribution in [0.5, 0.6) is 0 Å². The number of anilines is 2. The fraction of sp³-hybridized carbons (Fsp3) is 0.538. The van der Waals surface area contributed by atoms with Gasteiger partial charge in [-0.2, -0.15) is 5.10 Å². The van der Waals surface area contributed by atoms with Crippen molar-refractivity contribution in [1.82, 2.24) is 19.3 Å². The summed E-state index contributed by atoms with van der Waals surface area (Å²) in [5.41, 5.74) is 2.10. The lowest BCUT2D eigenvalue weighted by molar-refractivity contribution is 0.527. The van der Waals surface area contributed by atoms with Crippen LogP contribution in [0, 0.1) is 5.92 Å². The van der Waals surface area contributed by atoms with Gasteiger partial charge < -0.3 is 9.88 Å². The van der Waals surface area contributed by atoms with Crippen LogP contribution in [0.25, 0.3) is 0 Å². The van der Waals surface area contributed by atoms with Gasteiger partial charge in [-0.15, -0.1) is 0 Å². The van der Waals surface area contributed by atoms with Crippen molar-refractivity contribution >= 4 is 11.6 Å². The molecule has 0 bridgehead atoms. The van der Waals surface area contributed by atoms with Crippen molar-refractivity contribution in [2.75, 3.05) is 5.32 Å². The van der Waals surface area contributed by atoms with Crippen molar-refractivity contribution in [3.63, 3.8) is 0 Å². The van der Waals surface area contributed by atoms with Crippen molar-refractivity contribution in [2.24, 2.45) is 13.0 Å². The Balaban J connectivity index is 2.20. The van der Waals surface area contributed by atoms with Crippen molar-refractivity contribution in [2.45, 2.75) is 33.7 Å². The van der Waals surface area contributed by atoms with Gasteiger partial charge in [0.1, 0.15) is 0 Å². The van der Waals surface area contributed by atoms with Gasteiger partial charge in [0.15, 0.2) is 0 Å². The molecule has 18 heavy (non-hydrogen) atoms. The first-order valence-corrected chi connectivity index (χ1v) is 6.40. The van der Waals surface area contributed by atoms with Crippen molar-refractivity contribution in [1.29, 1.82) is 0 Å². The van der Waals surface area contributed by atoms with Crippen molar-refractivity contribution in [3.05, 3.63) is 24.3 Å². The van der Waals surface area contributed by atoms with Gasteiger partial charge in [0, 0.05) is 32.2 Å². The number of nitrogens with one attached hydrogen (secondary N) is 1. The second-order valence-corrected chi connectivity index (χ2v) is 4.94. The Morgan fingerprint density at radius 1 is 1.39 bits per heavy atom. The zero-order valence-electron chi connectivity index (χ0n) is 11.5. The molecule has 0 saturated carbocycles. The highest BCUT2D eigenvalue weighted by Crippen LogP contribution is 2.19. The van der Waals surface area contributed by atoms with Crippen LogP contribution in [0.3, 0.4) is 0 Å². The van der Waals surface area contributed by atoms with E-state index < -0.39 is 0 Å². The number of nitrogens with zero attached hydrogens (tertiary/aromatic N) is 4. The van der Waals surface area contributed by atoms with Crippen LogP contribution >= 0.6 is 0 Å². The lowest BCUT2D eigenvalue weighted by Crippen LogP contribution is -2.07. The number of aromatic nitrogens is 4. The minimum Gasteiger partial charge on any atom is -0.323 e. The summed E-state index contributed by atoms with van der Waals surface area (Å²) < 4.78 is 3.97. The molecule has 2 aromatic heterocycles. The fourth-order valence-corrected chi connectivity index (χ4v) is 1.99. The monoisotopic (exact) mass is 247 g/mol. The molecule has 0 aliphatic rings. The molecule has 0 aromatic carbocycles. The minimum atomic E-state index is 0.597. The molecule has 1 N–H and O–H groups in total. The van der Waals surface area contributed by atoms with E-state index in [0.29, 0.717) is 5.92 Å². The molecule has 0 saturated heterocycles. The molecule has 0 fully saturated rings. The topological polar surface area (TPSA) is 47.7 Å². The van der Waals surface area contributed by atoms with Crippen LogP contribution in [0.1, 0.15) is 26.5 Å². The molecule has 0 aliphatic heterocycles. The van der Waals surface area contributed by atoms with Gasteiger partial charge in [-0.3, -0.25) is 4.68 Å². The van der Waals surface area contributed by atoms with Crippen LogP contribution < -0.4 is 5.32 Å². The summed E-state index contributed by atoms with van der Waals surface area (Å²) in [5.74, 6) is 1.48. The molecule has 0 radical (unpaired) electrons. The summed E-state index contributed by atoms with van der Waals surface area (Å²) in [7, 11) is 1.94. The largest absolute Gasteiger partial charge is 0.323 e. The summed E-state index contributed by atoms with van der Waals surface area (Å²) in [6.45, 7) is 7.47. The van der Waals surface area contributed by atoms with Gasteiger partial charge in [0.05, 0.1) is 11.4 Å². The molecule has 0 spiro atoms. The smallest absolute Gasteiger partial charge is 0.207 e. The van der Waals surface area contributed by atoms with Crippen molar-refractivity contribution in [3.8, 4) is 0 Å². The molecule has 2 aromatic rings. The Morgan fingerprint density at radius 3 is 2.83 bits per heavy atom. The lowest BCUT2D eigenvalue weighted by atomic mass is 10.2. The van der Waals surface area contributed by atoms with Gasteiger partial charge in [0.25, 0.3) is 0 Å². The van der Waals surface area contributed by atoms with E-state index in [-0.39, 0.29) is 0 Å². The second kappa shape index (κ2) is 5.25. The van der Waals surface area contributed by atoms with E-state index in [4.69, 9.17) is 0 Å². The lowest BCUT2D eigenvalue weighted by Gasteiger charge is -2.11. The zero-order chi connectivity index (χ0) is 13.1. The Morgan fingerprint density at radius 2 is 2.17 bits per heavy atom. The first kappa shape index (κ1) is 12.7. The maximum Gasteiger partial charge on any atom is 0.207 e. The fourth-order valence-electron chi connectivity index (χ4n) is 1.99. The standard InChI is InChI=1S/C13H21N5/c1-5-11-12(9-17(4)16-11)15-13-14-6-7-18(13)8-10(2)3/h6-7,9-10H,5,8H2,1-4H3,(H,14,15). The molecule has 5 heteroatoms. The number of aryl methyl sites for hydroxylation is 2. The maximum absolute atomic E-state index is 4.42. The Hall–Kier alpha value is -1.78. The number of hydrogen-bond acceptors (Lipinski definition) is 3. The van der Waals surface area contributed by atoms with Gasteiger partial charge in [-0.1, -0.05) is 20.8 Å². The van der Waals surface area contributed by atoms with Crippen LogP contribution in [0.4, 0.5) is 11.6 Å². The van der Waals surface area contributed by atoms with Gasteiger partial charge in [-0.05, 0) is 12.3 Å². The molecule has 98 valence electrons. The van der Waals surface area contributed by atoms with Crippen molar-refractivity contribution < 1.29 is 0 Å². The highest BCUT2D eigenvalue weighted by molar-refractivity contribution is 5.55. The van der Waals surface area contributed by atoms with E-state index in [1.165, 1.54) is 0 Å². The number of hydrogen-bond donors (Lipinski definition) is 1. The third-order valence-corrected chi connectivity index (χ3v) is 2.76. The van der Waals surface area contributed by atoms with Crippen LogP contribution in [0.15, 0.2) is 18.6 Å². The predicted octanol–water partition coefficient (Wildman–Crippen LogP) is 2.58. The molecule has 2 heterocycles. The molecule has 0 atom stereocenters. The average Bonchev–Trinajstić information content (AvgIpc) is 2.86. The second-order valence-electron chi connectivity index (χ2n) is 4.94. The number of rotatable bonds is 5. The van der Waals surface area contributed by atoms with E-state index in [2.05, 4.69) is 40.7 Å². The summed E-state index contributed by atoms with van der Waals surface area (Å²) in [6, 6.07) is 0. The Kier molecular flexibility index (Phi) is 3.69. The molecule has 0 aliphatic carbocycles. The SMILES string of the molecule is CCc1nn(C)cc1Nc1nccn1CC(C)C. The third-order valence-electron chi connectivity index (χ3n) is 2.76. The summed E-state index contributed by atoms with van der Waals surface area (Å²) in [5, 5.41) is 7.78. The van der Waals surface area contributed by atoms with E-state index in [0.717, 1.165) is 30.3 Å². The van der Waals surface area contributed by atoms with Crippen LogP contribution in [0.2, 0.25) is 0 Å². The number of imidazole rings is 1. The predicted molar refractivity (Wildman–Crippen MR) is 72.9 cm³/mol. The van der Waals surface area contributed by atoms with Crippen LogP contribution in [-0.2, 0) is 20.0 Å². The first-order valence-electron chi connectivity index (χ1n) is 6.40. The van der Waals surface area contributed by atoms with Gasteiger partial charge >= 0.3 is 0 Å². The molecular weight excluding hydrogens is 226 g/mol. The van der Waals surface area contributed by atoms with E-state index in [1.54, 1.807) is 0 Å². The molecule has 0 unspecified atom stereocenters. The summed E-state index contributed by atoms with van der Waals surface area (Å²) in [6.07, 6.45) is 6.73. The molecule has 5 nitrogen and oxygen atoms in total. The molecular formula is C13H21N5. The highest BCUT2D eigenvalue weighted by Gasteiger charge is 2.09. The van der Waals surface area contributed by atoms with Crippen LogP contribution in [-0.4, -0.2) is 19.3 Å². The highest BCUT2D eigenvalue weighted by atomic mass is 15.3. The molecule has 0 amide bonds. The summed E-state index contributed by atoms with van der Waals surface area (Å²) in [4.78, 5) is 4.36. The Labute approximate surface area is 108 Å². The average molecular weight is 247 g/mol. The van der Waals surface area contributed by atoms with Gasteiger partial charge in [-0.25, -0.2) is 4.98 Å².